The molecule has 1 aliphatic rings. The van der Waals surface area contributed by atoms with Gasteiger partial charge in [0.2, 0.25) is 0 Å². The molecule has 1 aliphatic heterocycles. The Hall–Kier alpha value is -2.14. The van der Waals surface area contributed by atoms with Gasteiger partial charge in [-0.2, -0.15) is 0 Å². The van der Waals surface area contributed by atoms with Crippen molar-refractivity contribution in [1.82, 2.24) is 9.55 Å². The second-order valence-corrected chi connectivity index (χ2v) is 4.85. The summed E-state index contributed by atoms with van der Waals surface area (Å²) in [5.74, 6) is 0.948. The van der Waals surface area contributed by atoms with Gasteiger partial charge in [-0.1, -0.05) is 0 Å². The third kappa shape index (κ3) is 2.58. The van der Waals surface area contributed by atoms with Crippen molar-refractivity contribution in [2.75, 3.05) is 31.2 Å². The lowest BCUT2D eigenvalue weighted by Gasteiger charge is -2.28. The molecule has 20 heavy (non-hydrogen) atoms. The molecular weight excluding hydrogens is 254 g/mol. The molecule has 1 saturated heterocycles. The van der Waals surface area contributed by atoms with Gasteiger partial charge in [0.05, 0.1) is 18.9 Å². The molecule has 5 nitrogen and oxygen atoms in total. The molecule has 2 aromatic heterocycles. The van der Waals surface area contributed by atoms with Crippen LogP contribution in [0.4, 0.5) is 5.82 Å². The van der Waals surface area contributed by atoms with E-state index in [9.17, 15) is 4.79 Å². The summed E-state index contributed by atoms with van der Waals surface area (Å²) in [5, 5.41) is 0. The zero-order valence-corrected chi connectivity index (χ0v) is 11.5. The van der Waals surface area contributed by atoms with Gasteiger partial charge in [-0.3, -0.25) is 4.79 Å². The zero-order chi connectivity index (χ0) is 13.9. The summed E-state index contributed by atoms with van der Waals surface area (Å²) in [6, 6.07) is 7.20. The summed E-state index contributed by atoms with van der Waals surface area (Å²) in [6.45, 7) is 5.13. The topological polar surface area (TPSA) is 47.4 Å². The molecule has 3 rings (SSSR count). The molecule has 0 unspecified atom stereocenters. The quantitative estimate of drug-likeness (QED) is 0.828. The third-order valence-corrected chi connectivity index (χ3v) is 3.46. The molecule has 0 spiro atoms. The van der Waals surface area contributed by atoms with Crippen LogP contribution in [0.1, 0.15) is 5.69 Å². The fourth-order valence-corrected chi connectivity index (χ4v) is 2.40. The number of morpholine rings is 1. The van der Waals surface area contributed by atoms with Crippen LogP contribution >= 0.6 is 0 Å². The first-order valence-electron chi connectivity index (χ1n) is 6.72. The van der Waals surface area contributed by atoms with Crippen LogP contribution in [-0.2, 0) is 4.74 Å². The number of aryl methyl sites for hydroxylation is 1. The number of hydrogen-bond acceptors (Lipinski definition) is 4. The fraction of sp³-hybridized carbons (Fsp3) is 0.333. The maximum absolute atomic E-state index is 11.3. The van der Waals surface area contributed by atoms with Crippen LogP contribution in [0.3, 0.4) is 0 Å². The highest BCUT2D eigenvalue weighted by Crippen LogP contribution is 2.17. The number of anilines is 1. The first-order valence-corrected chi connectivity index (χ1v) is 6.72. The molecule has 0 radical (unpaired) electrons. The Morgan fingerprint density at radius 3 is 2.75 bits per heavy atom. The summed E-state index contributed by atoms with van der Waals surface area (Å²) in [7, 11) is 0. The van der Waals surface area contributed by atoms with E-state index >= 15 is 0 Å². The van der Waals surface area contributed by atoms with Crippen molar-refractivity contribution >= 4 is 5.82 Å². The zero-order valence-electron chi connectivity index (χ0n) is 11.5. The normalized spacial score (nSPS) is 15.3. The van der Waals surface area contributed by atoms with Crippen LogP contribution in [0.2, 0.25) is 0 Å². The first-order chi connectivity index (χ1) is 9.74. The van der Waals surface area contributed by atoms with Gasteiger partial charge >= 0.3 is 0 Å². The number of ether oxygens (including phenoxy) is 1. The molecule has 5 heteroatoms. The van der Waals surface area contributed by atoms with E-state index < -0.39 is 0 Å². The molecule has 0 bridgehead atoms. The van der Waals surface area contributed by atoms with Gasteiger partial charge in [-0.15, -0.1) is 0 Å². The highest BCUT2D eigenvalue weighted by Gasteiger charge is 2.13. The second kappa shape index (κ2) is 5.46. The van der Waals surface area contributed by atoms with Gasteiger partial charge < -0.3 is 14.2 Å². The number of pyridine rings is 2. The molecule has 1 fully saturated rings. The van der Waals surface area contributed by atoms with E-state index in [0.717, 1.165) is 43.5 Å². The summed E-state index contributed by atoms with van der Waals surface area (Å²) < 4.78 is 7.35. The van der Waals surface area contributed by atoms with Crippen molar-refractivity contribution in [2.24, 2.45) is 0 Å². The van der Waals surface area contributed by atoms with Gasteiger partial charge in [0, 0.05) is 49.4 Å². The van der Waals surface area contributed by atoms with Crippen LogP contribution in [0.5, 0.6) is 0 Å². The maximum atomic E-state index is 11.3. The molecule has 0 aromatic carbocycles. The minimum atomic E-state index is 0.0289. The van der Waals surface area contributed by atoms with Gasteiger partial charge in [0.25, 0.3) is 0 Å². The SMILES string of the molecule is Cc1cc(=O)ccn1-c1ccnc(N2CCOCC2)c1. The number of rotatable bonds is 2. The lowest BCUT2D eigenvalue weighted by molar-refractivity contribution is 0.122. The third-order valence-electron chi connectivity index (χ3n) is 3.46. The van der Waals surface area contributed by atoms with Crippen LogP contribution in [-0.4, -0.2) is 35.9 Å². The van der Waals surface area contributed by atoms with E-state index in [1.807, 2.05) is 23.6 Å². The standard InChI is InChI=1S/C15H17N3O2/c1-12-10-14(19)3-5-18(12)13-2-4-16-15(11-13)17-6-8-20-9-7-17/h2-5,10-11H,6-9H2,1H3. The molecule has 104 valence electrons. The smallest absolute Gasteiger partial charge is 0.181 e. The Morgan fingerprint density at radius 2 is 2.00 bits per heavy atom. The highest BCUT2D eigenvalue weighted by molar-refractivity contribution is 5.48. The lowest BCUT2D eigenvalue weighted by atomic mass is 10.3. The second-order valence-electron chi connectivity index (χ2n) is 4.85. The van der Waals surface area contributed by atoms with E-state index in [-0.39, 0.29) is 5.43 Å². The fourth-order valence-electron chi connectivity index (χ4n) is 2.40. The monoisotopic (exact) mass is 271 g/mol. The first kappa shape index (κ1) is 12.9. The number of hydrogen-bond donors (Lipinski definition) is 0. The van der Waals surface area contributed by atoms with Crippen LogP contribution < -0.4 is 10.3 Å². The van der Waals surface area contributed by atoms with Gasteiger partial charge in [-0.25, -0.2) is 4.98 Å². The van der Waals surface area contributed by atoms with Crippen LogP contribution in [0, 0.1) is 6.92 Å². The molecule has 0 saturated carbocycles. The summed E-state index contributed by atoms with van der Waals surface area (Å²) >= 11 is 0. The predicted octanol–water partition coefficient (Wildman–Crippen LogP) is 1.38. The van der Waals surface area contributed by atoms with Crippen LogP contribution in [0.15, 0.2) is 41.5 Å². The molecule has 0 aliphatic carbocycles. The average molecular weight is 271 g/mol. The molecule has 3 heterocycles. The largest absolute Gasteiger partial charge is 0.378 e. The Labute approximate surface area is 117 Å². The van der Waals surface area contributed by atoms with Gasteiger partial charge in [0.15, 0.2) is 5.43 Å². The van der Waals surface area contributed by atoms with Crippen molar-refractivity contribution < 1.29 is 4.74 Å². The van der Waals surface area contributed by atoms with Crippen molar-refractivity contribution in [3.8, 4) is 5.69 Å². The highest BCUT2D eigenvalue weighted by atomic mass is 16.5. The Kier molecular flexibility index (Phi) is 3.52. The molecule has 0 N–H and O–H groups in total. The molecule has 2 aromatic rings. The summed E-state index contributed by atoms with van der Waals surface area (Å²) in [5.41, 5.74) is 1.96. The Bertz CT molecular complexity index is 660. The lowest BCUT2D eigenvalue weighted by Crippen LogP contribution is -2.36. The molecule has 0 amide bonds. The van der Waals surface area contributed by atoms with Crippen molar-refractivity contribution in [3.05, 3.63) is 52.6 Å². The number of aromatic nitrogens is 2. The van der Waals surface area contributed by atoms with E-state index in [4.69, 9.17) is 4.74 Å². The van der Waals surface area contributed by atoms with E-state index in [1.54, 1.807) is 24.5 Å². The van der Waals surface area contributed by atoms with Crippen molar-refractivity contribution in [1.29, 1.82) is 0 Å². The van der Waals surface area contributed by atoms with Gasteiger partial charge in [-0.05, 0) is 13.0 Å². The van der Waals surface area contributed by atoms with Crippen LogP contribution in [0.25, 0.3) is 5.69 Å². The molecule has 0 atom stereocenters. The maximum Gasteiger partial charge on any atom is 0.181 e. The van der Waals surface area contributed by atoms with E-state index in [0.29, 0.717) is 0 Å². The van der Waals surface area contributed by atoms with E-state index in [1.165, 1.54) is 0 Å². The van der Waals surface area contributed by atoms with Gasteiger partial charge in [0.1, 0.15) is 5.82 Å². The summed E-state index contributed by atoms with van der Waals surface area (Å²) in [6.07, 6.45) is 3.60. The Morgan fingerprint density at radius 1 is 1.20 bits per heavy atom. The number of nitrogens with zero attached hydrogens (tertiary/aromatic N) is 3. The molecular formula is C15H17N3O2. The van der Waals surface area contributed by atoms with Crippen molar-refractivity contribution in [2.45, 2.75) is 6.92 Å². The van der Waals surface area contributed by atoms with Crippen molar-refractivity contribution in [3.63, 3.8) is 0 Å². The average Bonchev–Trinajstić information content (AvgIpc) is 2.48. The van der Waals surface area contributed by atoms with E-state index in [2.05, 4.69) is 9.88 Å². The Balaban J connectivity index is 1.96. The summed E-state index contributed by atoms with van der Waals surface area (Å²) in [4.78, 5) is 18.0. The predicted molar refractivity (Wildman–Crippen MR) is 77.6 cm³/mol. The minimum Gasteiger partial charge on any atom is -0.378 e. The minimum absolute atomic E-state index is 0.0289.